The minimum Gasteiger partial charge on any atom is -0.506 e. The number of benzene rings is 2. The number of nitrogens with zero attached hydrogens (tertiary/aromatic N) is 1. The molecule has 4 rings (SSSR count). The van der Waals surface area contributed by atoms with Crippen LogP contribution in [0.25, 0.3) is 10.2 Å². The Bertz CT molecular complexity index is 1650. The molecule has 0 spiro atoms. The zero-order chi connectivity index (χ0) is 39.8. The van der Waals surface area contributed by atoms with E-state index in [0.717, 1.165) is 47.3 Å². The molecule has 1 fully saturated rings. The number of carboxylic acids is 2. The average molecular weight is 789 g/mol. The second-order valence-corrected chi connectivity index (χ2v) is 12.8. The van der Waals surface area contributed by atoms with Crippen molar-refractivity contribution in [3.63, 3.8) is 0 Å². The van der Waals surface area contributed by atoms with Gasteiger partial charge >= 0.3 is 29.2 Å². The van der Waals surface area contributed by atoms with Crippen LogP contribution < -0.4 is 15.5 Å². The molecule has 1 aromatic heterocycles. The van der Waals surface area contributed by atoms with E-state index >= 15 is 0 Å². The van der Waals surface area contributed by atoms with E-state index in [1.54, 1.807) is 6.07 Å². The normalized spacial score (nSPS) is 13.8. The first kappa shape index (κ1) is 44.9. The fourth-order valence-corrected chi connectivity index (χ4v) is 6.11. The molecule has 1 saturated carbocycles. The van der Waals surface area contributed by atoms with E-state index in [2.05, 4.69) is 20.5 Å². The van der Waals surface area contributed by atoms with Crippen molar-refractivity contribution in [1.29, 1.82) is 0 Å². The summed E-state index contributed by atoms with van der Waals surface area (Å²) in [5.41, 5.74) is 1.51. The predicted molar refractivity (Wildman–Crippen MR) is 179 cm³/mol. The quantitative estimate of drug-likeness (QED) is 0.0718. The molecule has 53 heavy (non-hydrogen) atoms. The zero-order valence-corrected chi connectivity index (χ0v) is 29.0. The van der Waals surface area contributed by atoms with Gasteiger partial charge in [0, 0.05) is 44.2 Å². The van der Waals surface area contributed by atoms with Crippen molar-refractivity contribution in [3.05, 3.63) is 62.8 Å². The standard InChI is InChI=1S/C29H38F2N4O3S.2C2HF3O2/c30-23-8-5-9-24(31)22(23)13-17-35(18-14-26(37)33-21-6-3-1-2-4-7-21)19-16-32-15-12-20-10-11-25(36)27-28(20)39-29(38)34-27;2*3-2(4,5)1(6)7/h5,8-11,21,32,36H,1-4,6-7,12-19H2,(H,33,37)(H,34,38);2*(H,6,7). The molecular weight excluding hydrogens is 748 g/mol. The first-order valence-electron chi connectivity index (χ1n) is 16.4. The molecule has 1 amide bonds. The van der Waals surface area contributed by atoms with Crippen LogP contribution in [0.15, 0.2) is 35.1 Å². The molecule has 0 bridgehead atoms. The molecule has 0 saturated heterocycles. The smallest absolute Gasteiger partial charge is 0.490 e. The first-order chi connectivity index (χ1) is 24.8. The third kappa shape index (κ3) is 16.5. The fraction of sp³-hybridized carbons (Fsp3) is 0.515. The number of carboxylic acid groups (broad SMARTS) is 2. The van der Waals surface area contributed by atoms with Gasteiger partial charge in [-0.05, 0) is 56.0 Å². The Hall–Kier alpha value is -4.30. The number of carbonyl (C=O) groups is 3. The minimum absolute atomic E-state index is 0.0266. The number of carbonyl (C=O) groups excluding carboxylic acids is 1. The van der Waals surface area contributed by atoms with Crippen LogP contribution in [0.2, 0.25) is 0 Å². The number of alkyl halides is 6. The average Bonchev–Trinajstić information content (AvgIpc) is 3.29. The number of thiazole rings is 1. The molecule has 6 N–H and O–H groups in total. The van der Waals surface area contributed by atoms with E-state index in [4.69, 9.17) is 19.8 Å². The lowest BCUT2D eigenvalue weighted by molar-refractivity contribution is -0.193. The van der Waals surface area contributed by atoms with Gasteiger partial charge in [0.25, 0.3) is 0 Å². The number of fused-ring (bicyclic) bond motifs is 1. The lowest BCUT2D eigenvalue weighted by Crippen LogP contribution is -2.39. The van der Waals surface area contributed by atoms with Crippen molar-refractivity contribution in [3.8, 4) is 5.75 Å². The molecule has 0 aliphatic heterocycles. The van der Waals surface area contributed by atoms with Gasteiger partial charge in [0.1, 0.15) is 22.9 Å². The number of aliphatic carboxylic acids is 2. The van der Waals surface area contributed by atoms with E-state index < -0.39 is 35.9 Å². The van der Waals surface area contributed by atoms with Crippen molar-refractivity contribution in [1.82, 2.24) is 20.5 Å². The highest BCUT2D eigenvalue weighted by molar-refractivity contribution is 7.16. The summed E-state index contributed by atoms with van der Waals surface area (Å²) in [7, 11) is 0. The van der Waals surface area contributed by atoms with Crippen LogP contribution in [0.4, 0.5) is 35.1 Å². The molecule has 20 heteroatoms. The van der Waals surface area contributed by atoms with Gasteiger partial charge in [-0.25, -0.2) is 18.4 Å². The van der Waals surface area contributed by atoms with E-state index in [9.17, 15) is 49.8 Å². The number of rotatable bonds is 13. The number of aromatic hydroxyl groups is 1. The van der Waals surface area contributed by atoms with Crippen LogP contribution in [0.3, 0.4) is 0 Å². The van der Waals surface area contributed by atoms with Crippen molar-refractivity contribution < 1.29 is 64.8 Å². The predicted octanol–water partition coefficient (Wildman–Crippen LogP) is 5.75. The van der Waals surface area contributed by atoms with Gasteiger partial charge in [-0.1, -0.05) is 49.2 Å². The Morgan fingerprint density at radius 1 is 0.830 bits per heavy atom. The number of H-pyrrole nitrogens is 1. The third-order valence-corrected chi connectivity index (χ3v) is 8.87. The highest BCUT2D eigenvalue weighted by Crippen LogP contribution is 2.28. The van der Waals surface area contributed by atoms with E-state index in [1.165, 1.54) is 31.0 Å². The number of nitrogens with one attached hydrogen (secondary N) is 3. The van der Waals surface area contributed by atoms with Crippen LogP contribution in [0.1, 0.15) is 56.1 Å². The maximum atomic E-state index is 14.2. The molecule has 0 atom stereocenters. The van der Waals surface area contributed by atoms with Crippen molar-refractivity contribution in [2.45, 2.75) is 76.2 Å². The zero-order valence-electron chi connectivity index (χ0n) is 28.2. The summed E-state index contributed by atoms with van der Waals surface area (Å²) in [6.07, 6.45) is -2.13. The molecule has 1 aliphatic carbocycles. The molecule has 11 nitrogen and oxygen atoms in total. The van der Waals surface area contributed by atoms with E-state index in [0.29, 0.717) is 51.1 Å². The minimum atomic E-state index is -5.08. The van der Waals surface area contributed by atoms with Crippen LogP contribution in [-0.4, -0.2) is 94.2 Å². The summed E-state index contributed by atoms with van der Waals surface area (Å²) in [5.74, 6) is -6.53. The Morgan fingerprint density at radius 2 is 1.40 bits per heavy atom. The van der Waals surface area contributed by atoms with Crippen molar-refractivity contribution >= 4 is 39.4 Å². The van der Waals surface area contributed by atoms with E-state index in [1.807, 2.05) is 6.07 Å². The van der Waals surface area contributed by atoms with Crippen LogP contribution >= 0.6 is 11.3 Å². The highest BCUT2D eigenvalue weighted by atomic mass is 32.1. The first-order valence-corrected chi connectivity index (χ1v) is 17.2. The maximum absolute atomic E-state index is 14.2. The molecule has 2 aromatic carbocycles. The summed E-state index contributed by atoms with van der Waals surface area (Å²) in [6, 6.07) is 7.56. The molecule has 3 aromatic rings. The lowest BCUT2D eigenvalue weighted by atomic mass is 10.1. The molecule has 1 heterocycles. The monoisotopic (exact) mass is 788 g/mol. The lowest BCUT2D eigenvalue weighted by Gasteiger charge is -2.23. The number of aromatic amines is 1. The van der Waals surface area contributed by atoms with Gasteiger partial charge < -0.3 is 35.8 Å². The van der Waals surface area contributed by atoms with Crippen LogP contribution in [0, 0.1) is 11.6 Å². The van der Waals surface area contributed by atoms with E-state index in [-0.39, 0.29) is 34.6 Å². The Kier molecular flexibility index (Phi) is 18.1. The van der Waals surface area contributed by atoms with Gasteiger partial charge in [0.15, 0.2) is 0 Å². The number of phenols is 1. The molecule has 0 unspecified atom stereocenters. The summed E-state index contributed by atoms with van der Waals surface area (Å²) >= 11 is 1.08. The SMILES string of the molecule is O=C(CCN(CCNCCc1ccc(O)c2[nH]c(=O)sc12)CCc1c(F)cccc1F)NC1CCCCCC1.O=C(O)C(F)(F)F.O=C(O)C(F)(F)F. The largest absolute Gasteiger partial charge is 0.506 e. The van der Waals surface area contributed by atoms with Gasteiger partial charge in [-0.3, -0.25) is 9.59 Å². The van der Waals surface area contributed by atoms with Gasteiger partial charge in [-0.2, -0.15) is 26.3 Å². The Balaban J connectivity index is 0.000000587. The van der Waals surface area contributed by atoms with Crippen molar-refractivity contribution in [2.75, 3.05) is 32.7 Å². The fourth-order valence-electron chi connectivity index (χ4n) is 5.21. The molecule has 296 valence electrons. The topological polar surface area (TPSA) is 172 Å². The number of hydrogen-bond acceptors (Lipinski definition) is 8. The number of halogens is 8. The number of hydrogen-bond donors (Lipinski definition) is 6. The van der Waals surface area contributed by atoms with Crippen LogP contribution in [0.5, 0.6) is 5.75 Å². The Labute approximate surface area is 302 Å². The molecule has 1 aliphatic rings. The summed E-state index contributed by atoms with van der Waals surface area (Å²) in [5, 5.41) is 30.8. The van der Waals surface area contributed by atoms with Crippen LogP contribution in [-0.2, 0) is 27.2 Å². The van der Waals surface area contributed by atoms with Gasteiger partial charge in [0.2, 0.25) is 5.91 Å². The Morgan fingerprint density at radius 3 is 1.94 bits per heavy atom. The molecule has 0 radical (unpaired) electrons. The van der Waals surface area contributed by atoms with Crippen molar-refractivity contribution in [2.24, 2.45) is 0 Å². The van der Waals surface area contributed by atoms with Gasteiger partial charge in [-0.15, -0.1) is 0 Å². The van der Waals surface area contributed by atoms with Gasteiger partial charge in [0.05, 0.1) is 4.70 Å². The third-order valence-electron chi connectivity index (χ3n) is 7.92. The summed E-state index contributed by atoms with van der Waals surface area (Å²) in [4.78, 5) is 46.7. The molecular formula is C33H40F8N4O7S. The maximum Gasteiger partial charge on any atom is 0.490 e. The summed E-state index contributed by atoms with van der Waals surface area (Å²) < 4.78 is 92.6. The summed E-state index contributed by atoms with van der Waals surface area (Å²) in [6.45, 7) is 2.85. The second kappa shape index (κ2) is 21.4. The highest BCUT2D eigenvalue weighted by Gasteiger charge is 2.38. The second-order valence-electron chi connectivity index (χ2n) is 11.9. The number of aromatic nitrogens is 1. The number of amides is 1. The number of phenolic OH excluding ortho intramolecular Hbond substituents is 1.